The molecule has 0 radical (unpaired) electrons. The summed E-state index contributed by atoms with van der Waals surface area (Å²) >= 11 is 3.32. The summed E-state index contributed by atoms with van der Waals surface area (Å²) in [7, 11) is 0. The maximum atomic E-state index is 12.2. The van der Waals surface area contributed by atoms with Crippen molar-refractivity contribution in [2.75, 3.05) is 6.61 Å². The van der Waals surface area contributed by atoms with Crippen molar-refractivity contribution >= 4 is 34.0 Å². The van der Waals surface area contributed by atoms with Crippen molar-refractivity contribution in [3.63, 3.8) is 0 Å². The van der Waals surface area contributed by atoms with Crippen molar-refractivity contribution in [2.45, 2.75) is 6.92 Å². The number of hydrogen-bond acceptors (Lipinski definition) is 5. The zero-order chi connectivity index (χ0) is 21.3. The van der Waals surface area contributed by atoms with Gasteiger partial charge in [0.2, 0.25) is 0 Å². The van der Waals surface area contributed by atoms with Crippen LogP contribution in [0.3, 0.4) is 0 Å². The maximum Gasteiger partial charge on any atom is 0.343 e. The number of nitrogens with one attached hydrogen (secondary N) is 1. The van der Waals surface area contributed by atoms with Gasteiger partial charge < -0.3 is 9.47 Å². The van der Waals surface area contributed by atoms with Gasteiger partial charge in [0, 0.05) is 4.47 Å². The molecule has 7 heteroatoms. The molecule has 0 aromatic heterocycles. The van der Waals surface area contributed by atoms with Crippen LogP contribution in [-0.4, -0.2) is 24.7 Å². The fourth-order valence-electron chi connectivity index (χ4n) is 2.47. The second-order valence-electron chi connectivity index (χ2n) is 6.37. The highest BCUT2D eigenvalue weighted by Gasteiger charge is 2.08. The van der Waals surface area contributed by atoms with Gasteiger partial charge in [-0.25, -0.2) is 10.2 Å². The van der Waals surface area contributed by atoms with Gasteiger partial charge in [-0.1, -0.05) is 34.1 Å². The average molecular weight is 467 g/mol. The number of hydrogen-bond donors (Lipinski definition) is 1. The first-order valence-electron chi connectivity index (χ1n) is 9.09. The molecule has 152 valence electrons. The van der Waals surface area contributed by atoms with Crippen LogP contribution in [0.1, 0.15) is 21.5 Å². The second-order valence-corrected chi connectivity index (χ2v) is 7.28. The lowest BCUT2D eigenvalue weighted by Gasteiger charge is -2.06. The van der Waals surface area contributed by atoms with Crippen LogP contribution in [0.25, 0.3) is 0 Å². The Morgan fingerprint density at radius 2 is 1.77 bits per heavy atom. The summed E-state index contributed by atoms with van der Waals surface area (Å²) in [4.78, 5) is 24.0. The van der Waals surface area contributed by atoms with E-state index < -0.39 is 5.97 Å². The highest BCUT2D eigenvalue weighted by Crippen LogP contribution is 2.16. The maximum absolute atomic E-state index is 12.2. The van der Waals surface area contributed by atoms with Gasteiger partial charge in [0.05, 0.1) is 11.8 Å². The molecule has 0 heterocycles. The number of rotatable bonds is 7. The minimum Gasteiger partial charge on any atom is -0.484 e. The first kappa shape index (κ1) is 21.3. The van der Waals surface area contributed by atoms with E-state index in [1.807, 2.05) is 31.2 Å². The molecule has 0 fully saturated rings. The number of amides is 1. The molecule has 0 spiro atoms. The summed E-state index contributed by atoms with van der Waals surface area (Å²) in [5.41, 5.74) is 4.64. The van der Waals surface area contributed by atoms with Crippen molar-refractivity contribution in [1.82, 2.24) is 5.43 Å². The van der Waals surface area contributed by atoms with Gasteiger partial charge in [-0.3, -0.25) is 4.79 Å². The van der Waals surface area contributed by atoms with E-state index in [2.05, 4.69) is 26.5 Å². The topological polar surface area (TPSA) is 77.0 Å². The van der Waals surface area contributed by atoms with Gasteiger partial charge in [-0.2, -0.15) is 5.10 Å². The van der Waals surface area contributed by atoms with Crippen LogP contribution in [0, 0.1) is 6.92 Å². The number of halogens is 1. The number of aryl methyl sites for hydroxylation is 1. The van der Waals surface area contributed by atoms with Crippen LogP contribution >= 0.6 is 15.9 Å². The van der Waals surface area contributed by atoms with E-state index in [4.69, 9.17) is 9.47 Å². The third-order valence-electron chi connectivity index (χ3n) is 3.91. The van der Waals surface area contributed by atoms with E-state index in [-0.39, 0.29) is 12.5 Å². The predicted octanol–water partition coefficient (Wildman–Crippen LogP) is 4.51. The van der Waals surface area contributed by atoms with Crippen molar-refractivity contribution in [3.05, 3.63) is 94.0 Å². The summed E-state index contributed by atoms with van der Waals surface area (Å²) in [6, 6.07) is 21.2. The van der Waals surface area contributed by atoms with E-state index in [0.717, 1.165) is 15.6 Å². The number of carbonyl (C=O) groups excluding carboxylic acids is 2. The Hall–Kier alpha value is -3.45. The van der Waals surface area contributed by atoms with Crippen LogP contribution in [0.4, 0.5) is 0 Å². The van der Waals surface area contributed by atoms with Crippen LogP contribution in [0.15, 0.2) is 82.4 Å². The summed E-state index contributed by atoms with van der Waals surface area (Å²) in [5.74, 6) is 0.223. The molecule has 1 amide bonds. The van der Waals surface area contributed by atoms with E-state index in [0.29, 0.717) is 17.1 Å². The SMILES string of the molecule is Cc1cccc(OCC(=O)N/N=C\c2ccc(OC(=O)c3cccc(Br)c3)cc2)c1. The Balaban J connectivity index is 1.47. The number of benzene rings is 3. The number of hydrazone groups is 1. The minimum absolute atomic E-state index is 0.134. The average Bonchev–Trinajstić information content (AvgIpc) is 2.73. The van der Waals surface area contributed by atoms with Crippen LogP contribution < -0.4 is 14.9 Å². The molecule has 0 bridgehead atoms. The Morgan fingerprint density at radius 1 is 1.00 bits per heavy atom. The van der Waals surface area contributed by atoms with Crippen LogP contribution in [0.5, 0.6) is 11.5 Å². The van der Waals surface area contributed by atoms with E-state index in [9.17, 15) is 9.59 Å². The van der Waals surface area contributed by atoms with Crippen LogP contribution in [-0.2, 0) is 4.79 Å². The molecule has 0 aliphatic heterocycles. The molecule has 6 nitrogen and oxygen atoms in total. The lowest BCUT2D eigenvalue weighted by atomic mass is 10.2. The second kappa shape index (κ2) is 10.4. The van der Waals surface area contributed by atoms with E-state index in [1.165, 1.54) is 6.21 Å². The molecule has 0 saturated heterocycles. The minimum atomic E-state index is -0.446. The molecule has 3 aromatic rings. The number of ether oxygens (including phenoxy) is 2. The smallest absolute Gasteiger partial charge is 0.343 e. The normalized spacial score (nSPS) is 10.6. The van der Waals surface area contributed by atoms with Gasteiger partial charge in [0.1, 0.15) is 11.5 Å². The molecule has 3 rings (SSSR count). The van der Waals surface area contributed by atoms with Crippen molar-refractivity contribution in [2.24, 2.45) is 5.10 Å². The molecular weight excluding hydrogens is 448 g/mol. The Bertz CT molecular complexity index is 1060. The fourth-order valence-corrected chi connectivity index (χ4v) is 2.87. The van der Waals surface area contributed by atoms with Crippen molar-refractivity contribution in [1.29, 1.82) is 0 Å². The molecular formula is C23H19BrN2O4. The molecule has 30 heavy (non-hydrogen) atoms. The summed E-state index contributed by atoms with van der Waals surface area (Å²) in [6.07, 6.45) is 1.49. The summed E-state index contributed by atoms with van der Waals surface area (Å²) in [5, 5.41) is 3.90. The van der Waals surface area contributed by atoms with Crippen molar-refractivity contribution in [3.8, 4) is 11.5 Å². The quantitative estimate of drug-likeness (QED) is 0.240. The van der Waals surface area contributed by atoms with Crippen LogP contribution in [0.2, 0.25) is 0 Å². The lowest BCUT2D eigenvalue weighted by Crippen LogP contribution is -2.24. The zero-order valence-corrected chi connectivity index (χ0v) is 17.8. The summed E-state index contributed by atoms with van der Waals surface area (Å²) in [6.45, 7) is 1.81. The first-order valence-corrected chi connectivity index (χ1v) is 9.88. The molecule has 0 unspecified atom stereocenters. The summed E-state index contributed by atoms with van der Waals surface area (Å²) < 4.78 is 11.6. The lowest BCUT2D eigenvalue weighted by molar-refractivity contribution is -0.123. The third-order valence-corrected chi connectivity index (χ3v) is 4.41. The highest BCUT2D eigenvalue weighted by molar-refractivity contribution is 9.10. The Labute approximate surface area is 182 Å². The molecule has 3 aromatic carbocycles. The molecule has 0 aliphatic rings. The van der Waals surface area contributed by atoms with Crippen molar-refractivity contribution < 1.29 is 19.1 Å². The van der Waals surface area contributed by atoms with Gasteiger partial charge in [0.15, 0.2) is 6.61 Å². The molecule has 0 aliphatic carbocycles. The van der Waals surface area contributed by atoms with Gasteiger partial charge >= 0.3 is 5.97 Å². The van der Waals surface area contributed by atoms with Gasteiger partial charge in [0.25, 0.3) is 5.91 Å². The van der Waals surface area contributed by atoms with E-state index >= 15 is 0 Å². The molecule has 0 saturated carbocycles. The third kappa shape index (κ3) is 6.56. The highest BCUT2D eigenvalue weighted by atomic mass is 79.9. The standard InChI is InChI=1S/C23H19BrN2O4/c1-16-4-2-7-21(12-16)29-15-22(27)26-25-14-17-8-10-20(11-9-17)30-23(28)18-5-3-6-19(24)13-18/h2-14H,15H2,1H3,(H,26,27)/b25-14-. The monoisotopic (exact) mass is 466 g/mol. The first-order chi connectivity index (χ1) is 14.5. The Kier molecular flexibility index (Phi) is 7.34. The van der Waals surface area contributed by atoms with Gasteiger partial charge in [-0.15, -0.1) is 0 Å². The predicted molar refractivity (Wildman–Crippen MR) is 118 cm³/mol. The molecule has 0 atom stereocenters. The largest absolute Gasteiger partial charge is 0.484 e. The fraction of sp³-hybridized carbons (Fsp3) is 0.0870. The Morgan fingerprint density at radius 3 is 2.50 bits per heavy atom. The zero-order valence-electron chi connectivity index (χ0n) is 16.2. The number of esters is 1. The molecule has 1 N–H and O–H groups in total. The van der Waals surface area contributed by atoms with E-state index in [1.54, 1.807) is 48.5 Å². The number of carbonyl (C=O) groups is 2. The number of nitrogens with zero attached hydrogens (tertiary/aromatic N) is 1. The van der Waals surface area contributed by atoms with Gasteiger partial charge in [-0.05, 0) is 72.6 Å².